The number of nitrogens with two attached hydrogens (primary N) is 2. The molecule has 0 saturated carbocycles. The fraction of sp³-hybridized carbons (Fsp3) is 0. The van der Waals surface area contributed by atoms with Gasteiger partial charge in [-0.1, -0.05) is 47.1 Å². The summed E-state index contributed by atoms with van der Waals surface area (Å²) in [5, 5.41) is 3.22. The van der Waals surface area contributed by atoms with E-state index in [0.717, 1.165) is 38.6 Å². The number of fused-ring (bicyclic) bond motifs is 3. The maximum atomic E-state index is 6.45. The second kappa shape index (κ2) is 4.74. The fourth-order valence-corrected chi connectivity index (χ4v) is 3.10. The predicted octanol–water partition coefficient (Wildman–Crippen LogP) is 3.24. The van der Waals surface area contributed by atoms with Crippen LogP contribution in [0.3, 0.4) is 0 Å². The molecule has 0 bridgehead atoms. The lowest BCUT2D eigenvalue weighted by Gasteiger charge is -2.09. The monoisotopic (exact) mass is 286 g/mol. The summed E-state index contributed by atoms with van der Waals surface area (Å²) in [7, 11) is 0. The van der Waals surface area contributed by atoms with Crippen molar-refractivity contribution in [2.24, 2.45) is 0 Å². The van der Waals surface area contributed by atoms with Crippen molar-refractivity contribution >= 4 is 27.4 Å². The molecule has 0 aliphatic rings. The third-order valence-corrected chi connectivity index (χ3v) is 4.07. The van der Waals surface area contributed by atoms with E-state index in [-0.39, 0.29) is 0 Å². The Hall–Kier alpha value is -3.07. The molecule has 0 spiro atoms. The molecule has 3 heteroatoms. The Bertz CT molecular complexity index is 992. The first kappa shape index (κ1) is 12.7. The van der Waals surface area contributed by atoms with Crippen LogP contribution >= 0.6 is 0 Å². The molecular weight excluding hydrogens is 270 g/mol. The van der Waals surface area contributed by atoms with Crippen LogP contribution in [-0.2, 0) is 0 Å². The molecule has 1 heterocycles. The molecule has 3 aromatic carbocycles. The van der Waals surface area contributed by atoms with Crippen LogP contribution in [0.2, 0.25) is 0 Å². The van der Waals surface area contributed by atoms with Crippen molar-refractivity contribution in [3.05, 3.63) is 72.8 Å². The van der Waals surface area contributed by atoms with Gasteiger partial charge in [0.15, 0.2) is 0 Å². The number of pyridine rings is 1. The van der Waals surface area contributed by atoms with Crippen molar-refractivity contribution in [2.45, 2.75) is 0 Å². The Morgan fingerprint density at radius 2 is 1.36 bits per heavy atom. The highest BCUT2D eigenvalue weighted by Gasteiger charge is 2.22. The van der Waals surface area contributed by atoms with Gasteiger partial charge in [-0.05, 0) is 24.3 Å². The molecule has 0 saturated heterocycles. The molecule has 0 aliphatic heterocycles. The molecule has 0 unspecified atom stereocenters. The van der Waals surface area contributed by atoms with E-state index in [1.165, 1.54) is 0 Å². The van der Waals surface area contributed by atoms with Gasteiger partial charge >= 0.3 is 0 Å². The van der Waals surface area contributed by atoms with Crippen LogP contribution in [0.1, 0.15) is 0 Å². The van der Waals surface area contributed by atoms with Crippen LogP contribution in [0.15, 0.2) is 72.8 Å². The summed E-state index contributed by atoms with van der Waals surface area (Å²) in [5.74, 6) is 6.45. The van der Waals surface area contributed by atoms with Gasteiger partial charge in [0.1, 0.15) is 0 Å². The number of hydrogen-bond donors (Lipinski definition) is 2. The van der Waals surface area contributed by atoms with Crippen molar-refractivity contribution in [1.29, 1.82) is 0 Å². The molecule has 1 aromatic heterocycles. The predicted molar refractivity (Wildman–Crippen MR) is 91.6 cm³/mol. The molecule has 4 rings (SSSR count). The number of anilines is 1. The maximum Gasteiger partial charge on any atom is 0.250 e. The van der Waals surface area contributed by atoms with E-state index >= 15 is 0 Å². The molecule has 106 valence electrons. The van der Waals surface area contributed by atoms with E-state index in [2.05, 4.69) is 24.3 Å². The summed E-state index contributed by atoms with van der Waals surface area (Å²) >= 11 is 0. The highest BCUT2D eigenvalue weighted by atomic mass is 15.3. The Balaban J connectivity index is 2.28. The first-order valence-corrected chi connectivity index (χ1v) is 7.23. The van der Waals surface area contributed by atoms with Gasteiger partial charge in [0.25, 0.3) is 5.69 Å². The zero-order valence-corrected chi connectivity index (χ0v) is 12.0. The van der Waals surface area contributed by atoms with Crippen LogP contribution in [0.5, 0.6) is 0 Å². The van der Waals surface area contributed by atoms with E-state index in [4.69, 9.17) is 11.6 Å². The summed E-state index contributed by atoms with van der Waals surface area (Å²) in [6.07, 6.45) is 0. The zero-order valence-electron chi connectivity index (χ0n) is 12.0. The van der Waals surface area contributed by atoms with Gasteiger partial charge in [0.05, 0.1) is 10.8 Å². The molecule has 0 atom stereocenters. The normalized spacial score (nSPS) is 11.1. The number of rotatable bonds is 1. The van der Waals surface area contributed by atoms with Gasteiger partial charge in [-0.3, -0.25) is 0 Å². The van der Waals surface area contributed by atoms with Gasteiger partial charge in [-0.25, -0.2) is 5.84 Å². The van der Waals surface area contributed by atoms with Crippen LogP contribution in [0.4, 0.5) is 5.69 Å². The third kappa shape index (κ3) is 1.72. The van der Waals surface area contributed by atoms with Gasteiger partial charge in [-0.2, -0.15) is 0 Å². The van der Waals surface area contributed by atoms with Crippen LogP contribution in [0.25, 0.3) is 32.9 Å². The van der Waals surface area contributed by atoms with E-state index < -0.39 is 0 Å². The van der Waals surface area contributed by atoms with E-state index in [1.54, 1.807) is 4.68 Å². The number of hydrogen-bond acceptors (Lipinski definition) is 2. The molecule has 4 aromatic rings. The summed E-state index contributed by atoms with van der Waals surface area (Å²) in [6.45, 7) is 0. The second-order valence-corrected chi connectivity index (χ2v) is 5.37. The SMILES string of the molecule is Nc1cccc2c1c1ccccc1c(-c1ccccc1)[n+]2N. The molecule has 22 heavy (non-hydrogen) atoms. The van der Waals surface area contributed by atoms with E-state index in [9.17, 15) is 0 Å². The Morgan fingerprint density at radius 3 is 2.14 bits per heavy atom. The van der Waals surface area contributed by atoms with Gasteiger partial charge in [0.2, 0.25) is 5.52 Å². The van der Waals surface area contributed by atoms with Crippen molar-refractivity contribution in [2.75, 3.05) is 11.6 Å². The number of nitrogen functional groups attached to an aromatic ring is 2. The third-order valence-electron chi connectivity index (χ3n) is 4.07. The van der Waals surface area contributed by atoms with Crippen molar-refractivity contribution in [3.8, 4) is 11.3 Å². The van der Waals surface area contributed by atoms with E-state index in [0.29, 0.717) is 0 Å². The summed E-state index contributed by atoms with van der Waals surface area (Å²) in [5.41, 5.74) is 9.97. The molecule has 0 amide bonds. The number of aromatic nitrogens is 1. The smallest absolute Gasteiger partial charge is 0.250 e. The number of nitrogens with zero attached hydrogens (tertiary/aromatic N) is 1. The van der Waals surface area contributed by atoms with Crippen molar-refractivity contribution < 1.29 is 4.68 Å². The Kier molecular flexibility index (Phi) is 2.73. The minimum atomic E-state index is 0.743. The Morgan fingerprint density at radius 1 is 0.682 bits per heavy atom. The minimum Gasteiger partial charge on any atom is -0.398 e. The maximum absolute atomic E-state index is 6.45. The zero-order chi connectivity index (χ0) is 15.1. The van der Waals surface area contributed by atoms with Gasteiger partial charge in [-0.15, -0.1) is 0 Å². The second-order valence-electron chi connectivity index (χ2n) is 5.37. The topological polar surface area (TPSA) is 55.9 Å². The first-order valence-electron chi connectivity index (χ1n) is 7.23. The van der Waals surface area contributed by atoms with Crippen LogP contribution in [-0.4, -0.2) is 0 Å². The summed E-state index contributed by atoms with van der Waals surface area (Å²) < 4.78 is 1.74. The minimum absolute atomic E-state index is 0.743. The summed E-state index contributed by atoms with van der Waals surface area (Å²) in [4.78, 5) is 0. The van der Waals surface area contributed by atoms with Gasteiger partial charge in [0, 0.05) is 22.7 Å². The summed E-state index contributed by atoms with van der Waals surface area (Å²) in [6, 6.07) is 24.3. The van der Waals surface area contributed by atoms with Crippen LogP contribution in [0, 0.1) is 0 Å². The van der Waals surface area contributed by atoms with Crippen LogP contribution < -0.4 is 16.3 Å². The lowest BCUT2D eigenvalue weighted by atomic mass is 9.99. The molecule has 4 N–H and O–H groups in total. The molecule has 0 fully saturated rings. The molecule has 0 aliphatic carbocycles. The first-order chi connectivity index (χ1) is 10.8. The molecule has 3 nitrogen and oxygen atoms in total. The quantitative estimate of drug-likeness (QED) is 0.244. The molecular formula is C19H16N3+. The number of benzene rings is 3. The van der Waals surface area contributed by atoms with Crippen molar-refractivity contribution in [1.82, 2.24) is 0 Å². The lowest BCUT2D eigenvalue weighted by molar-refractivity contribution is -0.598. The average molecular weight is 286 g/mol. The highest BCUT2D eigenvalue weighted by Crippen LogP contribution is 2.32. The average Bonchev–Trinajstić information content (AvgIpc) is 2.56. The van der Waals surface area contributed by atoms with E-state index in [1.807, 2.05) is 48.5 Å². The molecule has 0 radical (unpaired) electrons. The lowest BCUT2D eigenvalue weighted by Crippen LogP contribution is -2.47. The van der Waals surface area contributed by atoms with Gasteiger partial charge < -0.3 is 5.73 Å². The fourth-order valence-electron chi connectivity index (χ4n) is 3.10. The highest BCUT2D eigenvalue weighted by molar-refractivity contribution is 6.13. The Labute approximate surface area is 128 Å². The standard InChI is InChI=1S/C19H15N3/c20-16-11-6-12-17-18(16)14-9-4-5-10-15(14)19(22(17)21)13-7-2-1-3-8-13/h1-12,20H,21H2/p+1. The van der Waals surface area contributed by atoms with Crippen molar-refractivity contribution in [3.63, 3.8) is 0 Å². The largest absolute Gasteiger partial charge is 0.398 e.